The van der Waals surface area contributed by atoms with Crippen LogP contribution >= 0.6 is 11.6 Å². The smallest absolute Gasteiger partial charge is 0.122 e. The van der Waals surface area contributed by atoms with Crippen LogP contribution in [0.15, 0.2) is 30.3 Å². The number of fused-ring (bicyclic) bond motifs is 1. The normalized spacial score (nSPS) is 12.3. The molecule has 0 saturated heterocycles. The zero-order valence-corrected chi connectivity index (χ0v) is 19.4. The second kappa shape index (κ2) is 13.7. The lowest BCUT2D eigenvalue weighted by Crippen LogP contribution is -2.01. The quantitative estimate of drug-likeness (QED) is 0.213. The molecule has 0 N–H and O–H groups in total. The SMILES string of the molecule is CCCCCCCCOc1ccc2cc(OCCCCC(Cl)CC)ccc2c1C. The molecule has 1 atom stereocenters. The van der Waals surface area contributed by atoms with Gasteiger partial charge in [0.15, 0.2) is 0 Å². The average molecular weight is 419 g/mol. The van der Waals surface area contributed by atoms with Gasteiger partial charge in [-0.25, -0.2) is 0 Å². The van der Waals surface area contributed by atoms with Gasteiger partial charge in [-0.2, -0.15) is 0 Å². The van der Waals surface area contributed by atoms with Crippen LogP contribution in [0.2, 0.25) is 0 Å². The summed E-state index contributed by atoms with van der Waals surface area (Å²) in [5.74, 6) is 1.95. The number of unbranched alkanes of at least 4 members (excludes halogenated alkanes) is 6. The molecule has 0 aromatic heterocycles. The van der Waals surface area contributed by atoms with Crippen LogP contribution in [-0.4, -0.2) is 18.6 Å². The topological polar surface area (TPSA) is 18.5 Å². The number of benzene rings is 2. The first-order valence-electron chi connectivity index (χ1n) is 11.6. The van der Waals surface area contributed by atoms with Crippen molar-refractivity contribution in [1.29, 1.82) is 0 Å². The predicted molar refractivity (Wildman–Crippen MR) is 127 cm³/mol. The molecule has 0 radical (unpaired) electrons. The molecule has 0 aliphatic rings. The summed E-state index contributed by atoms with van der Waals surface area (Å²) in [6, 6.07) is 10.6. The summed E-state index contributed by atoms with van der Waals surface area (Å²) in [5, 5.41) is 2.75. The first-order valence-corrected chi connectivity index (χ1v) is 12.0. The molecule has 0 amide bonds. The fourth-order valence-electron chi connectivity index (χ4n) is 3.62. The number of halogens is 1. The van der Waals surface area contributed by atoms with Crippen LogP contribution in [0.1, 0.15) is 83.6 Å². The maximum Gasteiger partial charge on any atom is 0.122 e. The van der Waals surface area contributed by atoms with Gasteiger partial charge < -0.3 is 9.47 Å². The number of hydrogen-bond donors (Lipinski definition) is 0. The second-order valence-electron chi connectivity index (χ2n) is 8.04. The van der Waals surface area contributed by atoms with E-state index in [0.29, 0.717) is 5.38 Å². The van der Waals surface area contributed by atoms with E-state index in [1.54, 1.807) is 0 Å². The van der Waals surface area contributed by atoms with Gasteiger partial charge in [-0.3, -0.25) is 0 Å². The van der Waals surface area contributed by atoms with E-state index in [4.69, 9.17) is 21.1 Å². The van der Waals surface area contributed by atoms with E-state index in [9.17, 15) is 0 Å². The highest BCUT2D eigenvalue weighted by atomic mass is 35.5. The van der Waals surface area contributed by atoms with Crippen molar-refractivity contribution >= 4 is 22.4 Å². The monoisotopic (exact) mass is 418 g/mol. The van der Waals surface area contributed by atoms with Crippen LogP contribution in [0, 0.1) is 6.92 Å². The Labute approximate surface area is 182 Å². The number of alkyl halides is 1. The number of hydrogen-bond acceptors (Lipinski definition) is 2. The molecule has 0 spiro atoms. The molecule has 0 aliphatic heterocycles. The molecule has 29 heavy (non-hydrogen) atoms. The Morgan fingerprint density at radius 2 is 1.55 bits per heavy atom. The fraction of sp³-hybridized carbons (Fsp3) is 0.615. The molecule has 2 nitrogen and oxygen atoms in total. The maximum atomic E-state index is 6.17. The van der Waals surface area contributed by atoms with Gasteiger partial charge in [0.1, 0.15) is 11.5 Å². The highest BCUT2D eigenvalue weighted by Gasteiger charge is 2.07. The molecule has 2 aromatic carbocycles. The third-order valence-electron chi connectivity index (χ3n) is 5.59. The van der Waals surface area contributed by atoms with Gasteiger partial charge in [-0.05, 0) is 73.6 Å². The van der Waals surface area contributed by atoms with Crippen molar-refractivity contribution in [1.82, 2.24) is 0 Å². The summed E-state index contributed by atoms with van der Waals surface area (Å²) in [5.41, 5.74) is 1.22. The molecule has 0 aliphatic carbocycles. The van der Waals surface area contributed by atoms with Gasteiger partial charge >= 0.3 is 0 Å². The van der Waals surface area contributed by atoms with E-state index < -0.39 is 0 Å². The van der Waals surface area contributed by atoms with Gasteiger partial charge in [-0.15, -0.1) is 11.6 Å². The number of ether oxygens (including phenoxy) is 2. The lowest BCUT2D eigenvalue weighted by molar-refractivity contribution is 0.302. The van der Waals surface area contributed by atoms with Crippen LogP contribution in [0.3, 0.4) is 0 Å². The minimum absolute atomic E-state index is 0.302. The Bertz CT molecular complexity index is 713. The summed E-state index contributed by atoms with van der Waals surface area (Å²) < 4.78 is 12.0. The van der Waals surface area contributed by atoms with Crippen molar-refractivity contribution in [3.05, 3.63) is 35.9 Å². The molecule has 2 aromatic rings. The van der Waals surface area contributed by atoms with Crippen molar-refractivity contribution in [2.75, 3.05) is 13.2 Å². The first-order chi connectivity index (χ1) is 14.2. The van der Waals surface area contributed by atoms with Crippen LogP contribution in [0.4, 0.5) is 0 Å². The summed E-state index contributed by atoms with van der Waals surface area (Å²) >= 11 is 6.17. The van der Waals surface area contributed by atoms with Crippen molar-refractivity contribution in [2.45, 2.75) is 90.4 Å². The second-order valence-corrected chi connectivity index (χ2v) is 8.65. The van der Waals surface area contributed by atoms with Crippen molar-refractivity contribution in [2.24, 2.45) is 0 Å². The number of rotatable bonds is 15. The summed E-state index contributed by atoms with van der Waals surface area (Å²) in [6.45, 7) is 8.09. The largest absolute Gasteiger partial charge is 0.494 e. The van der Waals surface area contributed by atoms with E-state index >= 15 is 0 Å². The van der Waals surface area contributed by atoms with Crippen molar-refractivity contribution < 1.29 is 9.47 Å². The Kier molecular flexibility index (Phi) is 11.3. The molecular weight excluding hydrogens is 380 g/mol. The van der Waals surface area contributed by atoms with E-state index in [2.05, 4.69) is 51.1 Å². The Balaban J connectivity index is 1.80. The third kappa shape index (κ3) is 8.46. The molecule has 0 saturated carbocycles. The van der Waals surface area contributed by atoms with Crippen LogP contribution in [0.25, 0.3) is 10.8 Å². The number of aryl methyl sites for hydroxylation is 1. The van der Waals surface area contributed by atoms with Gasteiger partial charge in [0.05, 0.1) is 13.2 Å². The molecule has 0 fully saturated rings. The zero-order valence-electron chi connectivity index (χ0n) is 18.6. The van der Waals surface area contributed by atoms with Gasteiger partial charge in [0.2, 0.25) is 0 Å². The third-order valence-corrected chi connectivity index (χ3v) is 6.12. The minimum Gasteiger partial charge on any atom is -0.494 e. The van der Waals surface area contributed by atoms with E-state index in [0.717, 1.165) is 56.8 Å². The van der Waals surface area contributed by atoms with E-state index in [1.807, 2.05) is 0 Å². The van der Waals surface area contributed by atoms with Crippen LogP contribution in [0.5, 0.6) is 11.5 Å². The highest BCUT2D eigenvalue weighted by Crippen LogP contribution is 2.30. The fourth-order valence-corrected chi connectivity index (χ4v) is 3.77. The molecule has 0 bridgehead atoms. The predicted octanol–water partition coefficient (Wildman–Crippen LogP) is 8.45. The molecule has 162 valence electrons. The summed E-state index contributed by atoms with van der Waals surface area (Å²) in [6.07, 6.45) is 12.0. The van der Waals surface area contributed by atoms with Crippen LogP contribution in [-0.2, 0) is 0 Å². The molecule has 1 unspecified atom stereocenters. The Hall–Kier alpha value is -1.41. The van der Waals surface area contributed by atoms with Gasteiger partial charge in [-0.1, -0.05) is 58.1 Å². The van der Waals surface area contributed by atoms with Crippen LogP contribution < -0.4 is 9.47 Å². The molecular formula is C26H39ClO2. The van der Waals surface area contributed by atoms with E-state index in [1.165, 1.54) is 48.4 Å². The van der Waals surface area contributed by atoms with Crippen molar-refractivity contribution in [3.8, 4) is 11.5 Å². The summed E-state index contributed by atoms with van der Waals surface area (Å²) in [4.78, 5) is 0. The Morgan fingerprint density at radius 1 is 0.828 bits per heavy atom. The minimum atomic E-state index is 0.302. The standard InChI is InChI=1S/C26H39ClO2/c1-4-6-7-8-9-11-19-29-26-17-14-22-20-24(15-16-25(22)21(26)3)28-18-12-10-13-23(27)5-2/h14-17,20,23H,4-13,18-19H2,1-3H3. The lowest BCUT2D eigenvalue weighted by Gasteiger charge is -2.13. The maximum absolute atomic E-state index is 6.17. The van der Waals surface area contributed by atoms with Crippen molar-refractivity contribution in [3.63, 3.8) is 0 Å². The van der Waals surface area contributed by atoms with Gasteiger partial charge in [0.25, 0.3) is 0 Å². The molecule has 0 heterocycles. The highest BCUT2D eigenvalue weighted by molar-refractivity contribution is 6.20. The van der Waals surface area contributed by atoms with E-state index in [-0.39, 0.29) is 0 Å². The Morgan fingerprint density at radius 3 is 2.34 bits per heavy atom. The average Bonchev–Trinajstić information content (AvgIpc) is 2.74. The van der Waals surface area contributed by atoms with Gasteiger partial charge in [0, 0.05) is 5.38 Å². The summed E-state index contributed by atoms with van der Waals surface area (Å²) in [7, 11) is 0. The molecule has 2 rings (SSSR count). The zero-order chi connectivity index (χ0) is 20.9. The lowest BCUT2D eigenvalue weighted by atomic mass is 10.0. The molecule has 3 heteroatoms. The first kappa shape index (κ1) is 23.9.